The molecule has 0 radical (unpaired) electrons. The van der Waals surface area contributed by atoms with E-state index < -0.39 is 0 Å². The maximum Gasteiger partial charge on any atom is 0.145 e. The van der Waals surface area contributed by atoms with Crippen LogP contribution in [0.3, 0.4) is 0 Å². The first-order valence-corrected chi connectivity index (χ1v) is 6.12. The average Bonchev–Trinajstić information content (AvgIpc) is 2.28. The van der Waals surface area contributed by atoms with Gasteiger partial charge in [0.1, 0.15) is 17.5 Å². The van der Waals surface area contributed by atoms with Gasteiger partial charge in [-0.3, -0.25) is 0 Å². The Morgan fingerprint density at radius 1 is 1.41 bits per heavy atom. The summed E-state index contributed by atoms with van der Waals surface area (Å²) in [5.74, 6) is 8.46. The van der Waals surface area contributed by atoms with Crippen molar-refractivity contribution in [1.82, 2.24) is 9.97 Å². The van der Waals surface area contributed by atoms with Crippen LogP contribution in [0, 0.1) is 5.92 Å². The predicted molar refractivity (Wildman–Crippen MR) is 71.9 cm³/mol. The van der Waals surface area contributed by atoms with Crippen LogP contribution in [0.4, 0.5) is 11.6 Å². The molecular formula is C12H23N5. The van der Waals surface area contributed by atoms with Crippen molar-refractivity contribution in [3.8, 4) is 0 Å². The lowest BCUT2D eigenvalue weighted by atomic mass is 10.2. The highest BCUT2D eigenvalue weighted by atomic mass is 15.3. The fourth-order valence-corrected chi connectivity index (χ4v) is 1.73. The van der Waals surface area contributed by atoms with Crippen LogP contribution in [0.1, 0.15) is 33.0 Å². The van der Waals surface area contributed by atoms with Gasteiger partial charge in [-0.1, -0.05) is 20.8 Å². The highest BCUT2D eigenvalue weighted by molar-refractivity contribution is 5.48. The van der Waals surface area contributed by atoms with E-state index in [1.165, 1.54) is 0 Å². The Morgan fingerprint density at radius 2 is 2.12 bits per heavy atom. The molecule has 1 heterocycles. The summed E-state index contributed by atoms with van der Waals surface area (Å²) in [4.78, 5) is 11.0. The standard InChI is InChI=1S/C12H23N5/c1-5-6-10-14-11(16-13)7-12(15-10)17(4)8-9(2)3/h7,9H,5-6,8,13H2,1-4H3,(H,14,15,16). The highest BCUT2D eigenvalue weighted by Crippen LogP contribution is 2.16. The minimum absolute atomic E-state index is 0.596. The Kier molecular flexibility index (Phi) is 5.15. The summed E-state index contributed by atoms with van der Waals surface area (Å²) in [5.41, 5.74) is 2.60. The van der Waals surface area contributed by atoms with Gasteiger partial charge in [-0.25, -0.2) is 15.8 Å². The molecule has 17 heavy (non-hydrogen) atoms. The molecule has 0 saturated carbocycles. The number of hydrogen-bond donors (Lipinski definition) is 2. The second-order valence-electron chi connectivity index (χ2n) is 4.70. The van der Waals surface area contributed by atoms with E-state index in [9.17, 15) is 0 Å². The van der Waals surface area contributed by atoms with E-state index in [2.05, 4.69) is 41.1 Å². The first kappa shape index (κ1) is 13.7. The SMILES string of the molecule is CCCc1nc(NN)cc(N(C)CC(C)C)n1. The maximum atomic E-state index is 5.43. The van der Waals surface area contributed by atoms with Gasteiger partial charge in [-0.05, 0) is 12.3 Å². The normalized spacial score (nSPS) is 10.7. The summed E-state index contributed by atoms with van der Waals surface area (Å²) >= 11 is 0. The number of nitrogens with zero attached hydrogens (tertiary/aromatic N) is 3. The van der Waals surface area contributed by atoms with Crippen molar-refractivity contribution in [3.05, 3.63) is 11.9 Å². The first-order valence-electron chi connectivity index (χ1n) is 6.12. The lowest BCUT2D eigenvalue weighted by Gasteiger charge is -2.21. The third kappa shape index (κ3) is 4.19. The Balaban J connectivity index is 2.93. The molecule has 1 rings (SSSR count). The van der Waals surface area contributed by atoms with E-state index in [1.807, 2.05) is 13.1 Å². The number of aryl methyl sites for hydroxylation is 1. The van der Waals surface area contributed by atoms with Crippen molar-refractivity contribution >= 4 is 11.6 Å². The Bertz CT molecular complexity index is 351. The number of rotatable bonds is 6. The zero-order valence-corrected chi connectivity index (χ0v) is 11.2. The van der Waals surface area contributed by atoms with Crippen molar-refractivity contribution in [2.45, 2.75) is 33.6 Å². The number of anilines is 2. The summed E-state index contributed by atoms with van der Waals surface area (Å²) in [6, 6.07) is 1.88. The van der Waals surface area contributed by atoms with Gasteiger partial charge in [0, 0.05) is 26.1 Å². The molecule has 0 spiro atoms. The van der Waals surface area contributed by atoms with Gasteiger partial charge in [0.15, 0.2) is 0 Å². The van der Waals surface area contributed by atoms with Gasteiger partial charge in [-0.2, -0.15) is 0 Å². The predicted octanol–water partition coefficient (Wildman–Crippen LogP) is 1.81. The molecule has 0 atom stereocenters. The van der Waals surface area contributed by atoms with Gasteiger partial charge >= 0.3 is 0 Å². The monoisotopic (exact) mass is 237 g/mol. The minimum Gasteiger partial charge on any atom is -0.359 e. The van der Waals surface area contributed by atoms with E-state index in [1.54, 1.807) is 0 Å². The van der Waals surface area contributed by atoms with Gasteiger partial charge in [0.25, 0.3) is 0 Å². The van der Waals surface area contributed by atoms with Crippen molar-refractivity contribution in [2.24, 2.45) is 11.8 Å². The number of nitrogens with one attached hydrogen (secondary N) is 1. The fourth-order valence-electron chi connectivity index (χ4n) is 1.73. The third-order valence-electron chi connectivity index (χ3n) is 2.41. The number of aromatic nitrogens is 2. The lowest BCUT2D eigenvalue weighted by Crippen LogP contribution is -2.24. The highest BCUT2D eigenvalue weighted by Gasteiger charge is 2.09. The molecule has 0 bridgehead atoms. The van der Waals surface area contributed by atoms with E-state index in [4.69, 9.17) is 5.84 Å². The lowest BCUT2D eigenvalue weighted by molar-refractivity contribution is 0.632. The fraction of sp³-hybridized carbons (Fsp3) is 0.667. The second kappa shape index (κ2) is 6.39. The van der Waals surface area contributed by atoms with Crippen LogP contribution in [-0.2, 0) is 6.42 Å². The molecule has 0 saturated heterocycles. The van der Waals surface area contributed by atoms with Crippen LogP contribution in [0.25, 0.3) is 0 Å². The maximum absolute atomic E-state index is 5.43. The summed E-state index contributed by atoms with van der Waals surface area (Å²) in [5, 5.41) is 0. The molecule has 5 nitrogen and oxygen atoms in total. The summed E-state index contributed by atoms with van der Waals surface area (Å²) in [6.45, 7) is 7.45. The zero-order valence-electron chi connectivity index (χ0n) is 11.2. The molecule has 0 unspecified atom stereocenters. The Morgan fingerprint density at radius 3 is 2.65 bits per heavy atom. The minimum atomic E-state index is 0.596. The summed E-state index contributed by atoms with van der Waals surface area (Å²) in [7, 11) is 2.04. The molecule has 0 aliphatic heterocycles. The summed E-state index contributed by atoms with van der Waals surface area (Å²) in [6.07, 6.45) is 1.90. The molecule has 1 aromatic rings. The number of hydrazine groups is 1. The second-order valence-corrected chi connectivity index (χ2v) is 4.70. The van der Waals surface area contributed by atoms with Crippen molar-refractivity contribution in [1.29, 1.82) is 0 Å². The Labute approximate surface area is 103 Å². The number of nitrogens with two attached hydrogens (primary N) is 1. The van der Waals surface area contributed by atoms with E-state index in [0.717, 1.165) is 31.0 Å². The number of nitrogen functional groups attached to an aromatic ring is 1. The van der Waals surface area contributed by atoms with Crippen LogP contribution in [-0.4, -0.2) is 23.6 Å². The van der Waals surface area contributed by atoms with Crippen LogP contribution in [0.2, 0.25) is 0 Å². The Hall–Kier alpha value is -1.36. The van der Waals surface area contributed by atoms with Crippen LogP contribution < -0.4 is 16.2 Å². The zero-order chi connectivity index (χ0) is 12.8. The van der Waals surface area contributed by atoms with E-state index >= 15 is 0 Å². The van der Waals surface area contributed by atoms with Gasteiger partial charge in [0.2, 0.25) is 0 Å². The van der Waals surface area contributed by atoms with Crippen LogP contribution in [0.5, 0.6) is 0 Å². The van der Waals surface area contributed by atoms with Gasteiger partial charge in [0.05, 0.1) is 0 Å². The first-order chi connectivity index (χ1) is 8.06. The largest absolute Gasteiger partial charge is 0.359 e. The molecule has 0 aliphatic rings. The van der Waals surface area contributed by atoms with Gasteiger partial charge in [-0.15, -0.1) is 0 Å². The quantitative estimate of drug-likeness (QED) is 0.583. The molecule has 5 heteroatoms. The summed E-state index contributed by atoms with van der Waals surface area (Å²) < 4.78 is 0. The molecule has 1 aromatic heterocycles. The molecule has 0 aliphatic carbocycles. The molecule has 0 aromatic carbocycles. The smallest absolute Gasteiger partial charge is 0.145 e. The molecule has 3 N–H and O–H groups in total. The van der Waals surface area contributed by atoms with Crippen molar-refractivity contribution in [3.63, 3.8) is 0 Å². The third-order valence-corrected chi connectivity index (χ3v) is 2.41. The molecule has 0 amide bonds. The average molecular weight is 237 g/mol. The molecular weight excluding hydrogens is 214 g/mol. The van der Waals surface area contributed by atoms with Crippen LogP contribution >= 0.6 is 0 Å². The van der Waals surface area contributed by atoms with Crippen molar-refractivity contribution < 1.29 is 0 Å². The molecule has 0 fully saturated rings. The van der Waals surface area contributed by atoms with E-state index in [0.29, 0.717) is 11.7 Å². The van der Waals surface area contributed by atoms with E-state index in [-0.39, 0.29) is 0 Å². The molecule has 96 valence electrons. The number of hydrogen-bond acceptors (Lipinski definition) is 5. The van der Waals surface area contributed by atoms with Crippen LogP contribution in [0.15, 0.2) is 6.07 Å². The van der Waals surface area contributed by atoms with Gasteiger partial charge < -0.3 is 10.3 Å². The van der Waals surface area contributed by atoms with Crippen molar-refractivity contribution in [2.75, 3.05) is 23.9 Å². The topological polar surface area (TPSA) is 67.1 Å².